The van der Waals surface area contributed by atoms with Crippen molar-refractivity contribution in [3.63, 3.8) is 0 Å². The van der Waals surface area contributed by atoms with E-state index in [4.69, 9.17) is 32.7 Å². The Hall–Kier alpha value is -2.30. The summed E-state index contributed by atoms with van der Waals surface area (Å²) in [6, 6.07) is 7.94. The molecule has 2 fully saturated rings. The van der Waals surface area contributed by atoms with Crippen molar-refractivity contribution in [3.05, 3.63) is 60.6 Å². The summed E-state index contributed by atoms with van der Waals surface area (Å²) in [5.41, 5.74) is 1.34. The van der Waals surface area contributed by atoms with E-state index < -0.39 is 17.8 Å². The van der Waals surface area contributed by atoms with E-state index >= 15 is 0 Å². The van der Waals surface area contributed by atoms with Crippen LogP contribution >= 0.6 is 45.8 Å². The first kappa shape index (κ1) is 26.8. The van der Waals surface area contributed by atoms with E-state index in [0.29, 0.717) is 33.7 Å². The molecule has 7 nitrogen and oxygen atoms in total. The lowest BCUT2D eigenvalue weighted by atomic mass is 9.93. The zero-order chi connectivity index (χ0) is 25.8. The summed E-state index contributed by atoms with van der Waals surface area (Å²) in [7, 11) is 0. The molecule has 0 aromatic heterocycles. The number of halogens is 3. The molecule has 10 heteroatoms. The number of barbiturate groups is 1. The maximum atomic E-state index is 13.2. The third-order valence-corrected chi connectivity index (χ3v) is 7.62. The Labute approximate surface area is 233 Å². The van der Waals surface area contributed by atoms with E-state index in [1.54, 1.807) is 24.3 Å². The highest BCUT2D eigenvalue weighted by atomic mass is 127. The second kappa shape index (κ2) is 11.8. The van der Waals surface area contributed by atoms with E-state index in [2.05, 4.69) is 27.9 Å². The predicted octanol–water partition coefficient (Wildman–Crippen LogP) is 6.37. The van der Waals surface area contributed by atoms with Gasteiger partial charge in [-0.3, -0.25) is 19.8 Å². The molecule has 2 aliphatic rings. The average Bonchev–Trinajstić information content (AvgIpc) is 2.84. The minimum atomic E-state index is -0.704. The lowest BCUT2D eigenvalue weighted by Crippen LogP contribution is -2.58. The molecule has 1 aliphatic heterocycles. The molecule has 1 saturated heterocycles. The summed E-state index contributed by atoms with van der Waals surface area (Å²) in [4.78, 5) is 39.5. The Morgan fingerprint density at radius 3 is 2.50 bits per heavy atom. The molecular weight excluding hydrogens is 618 g/mol. The van der Waals surface area contributed by atoms with E-state index in [9.17, 15) is 14.4 Å². The van der Waals surface area contributed by atoms with Crippen LogP contribution in [0.25, 0.3) is 6.08 Å². The number of carbonyl (C=O) groups excluding carboxylic acids is 3. The summed E-state index contributed by atoms with van der Waals surface area (Å²) in [6.45, 7) is 2.49. The number of hydrogen-bond acceptors (Lipinski definition) is 5. The zero-order valence-corrected chi connectivity index (χ0v) is 23.3. The Balaban J connectivity index is 1.61. The number of imide groups is 2. The van der Waals surface area contributed by atoms with Gasteiger partial charge in [-0.25, -0.2) is 4.79 Å². The minimum Gasteiger partial charge on any atom is -0.490 e. The number of rotatable bonds is 7. The second-order valence-electron chi connectivity index (χ2n) is 8.58. The smallest absolute Gasteiger partial charge is 0.331 e. The van der Waals surface area contributed by atoms with Crippen molar-refractivity contribution in [2.75, 3.05) is 6.61 Å². The summed E-state index contributed by atoms with van der Waals surface area (Å²) in [5.74, 6) is -0.266. The number of urea groups is 1. The van der Waals surface area contributed by atoms with Crippen molar-refractivity contribution in [1.29, 1.82) is 0 Å². The molecule has 1 N–H and O–H groups in total. The quantitative estimate of drug-likeness (QED) is 0.216. The van der Waals surface area contributed by atoms with Gasteiger partial charge in [0.05, 0.1) is 20.2 Å². The Kier molecular flexibility index (Phi) is 8.79. The van der Waals surface area contributed by atoms with Crippen LogP contribution < -0.4 is 14.8 Å². The van der Waals surface area contributed by atoms with Crippen molar-refractivity contribution in [3.8, 4) is 11.5 Å². The fraction of sp³-hybridized carbons (Fsp3) is 0.346. The number of amides is 4. The Morgan fingerprint density at radius 1 is 1.06 bits per heavy atom. The zero-order valence-electron chi connectivity index (χ0n) is 19.6. The fourth-order valence-corrected chi connectivity index (χ4v) is 5.47. The van der Waals surface area contributed by atoms with Crippen molar-refractivity contribution >= 4 is 69.7 Å². The van der Waals surface area contributed by atoms with Crippen molar-refractivity contribution in [2.45, 2.75) is 51.7 Å². The van der Waals surface area contributed by atoms with Crippen LogP contribution in [0, 0.1) is 3.57 Å². The fourth-order valence-electron chi connectivity index (χ4n) is 4.37. The molecule has 1 aliphatic carbocycles. The molecule has 4 rings (SSSR count). The van der Waals surface area contributed by atoms with E-state index in [0.717, 1.165) is 41.2 Å². The molecule has 36 heavy (non-hydrogen) atoms. The van der Waals surface area contributed by atoms with Gasteiger partial charge >= 0.3 is 6.03 Å². The maximum Gasteiger partial charge on any atom is 0.331 e. The largest absolute Gasteiger partial charge is 0.490 e. The highest BCUT2D eigenvalue weighted by Crippen LogP contribution is 2.36. The first-order valence-corrected chi connectivity index (χ1v) is 13.6. The second-order valence-corrected chi connectivity index (χ2v) is 10.6. The SMILES string of the molecule is CCOc1cc(C=C2C(=O)NC(=O)N(C3CCCCC3)C2=O)cc(I)c1OCc1ccc(Cl)c(Cl)c1. The highest BCUT2D eigenvalue weighted by molar-refractivity contribution is 14.1. The van der Waals surface area contributed by atoms with Gasteiger partial charge in [0.2, 0.25) is 0 Å². The Bertz CT molecular complexity index is 1230. The molecule has 2 aromatic carbocycles. The molecule has 190 valence electrons. The van der Waals surface area contributed by atoms with Crippen LogP contribution in [-0.2, 0) is 16.2 Å². The van der Waals surface area contributed by atoms with Gasteiger partial charge in [0.25, 0.3) is 11.8 Å². The van der Waals surface area contributed by atoms with E-state index in [-0.39, 0.29) is 18.2 Å². The van der Waals surface area contributed by atoms with Gasteiger partial charge in [0.15, 0.2) is 11.5 Å². The average molecular weight is 643 g/mol. The maximum absolute atomic E-state index is 13.2. The number of ether oxygens (including phenoxy) is 2. The third-order valence-electron chi connectivity index (χ3n) is 6.08. The normalized spacial score (nSPS) is 17.9. The van der Waals surface area contributed by atoms with Crippen LogP contribution in [0.3, 0.4) is 0 Å². The molecule has 4 amide bonds. The standard InChI is InChI=1S/C26H25Cl2IN2O5/c1-2-35-22-13-16(12-21(29)23(22)36-14-15-8-9-19(27)20(28)11-15)10-18-24(32)30-26(34)31(25(18)33)17-6-4-3-5-7-17/h8-13,17H,2-7,14H2,1H3,(H,30,32,34). The van der Waals surface area contributed by atoms with Gasteiger partial charge in [0, 0.05) is 6.04 Å². The number of nitrogens with one attached hydrogen (secondary N) is 1. The third kappa shape index (κ3) is 5.98. The van der Waals surface area contributed by atoms with Crippen LogP contribution in [0.15, 0.2) is 35.9 Å². The molecule has 0 atom stereocenters. The summed E-state index contributed by atoms with van der Waals surface area (Å²) in [6.07, 6.45) is 5.98. The van der Waals surface area contributed by atoms with E-state index in [1.807, 2.05) is 13.0 Å². The molecular formula is C26H25Cl2IN2O5. The monoisotopic (exact) mass is 642 g/mol. The number of nitrogens with zero attached hydrogens (tertiary/aromatic N) is 1. The predicted molar refractivity (Wildman–Crippen MR) is 146 cm³/mol. The van der Waals surface area contributed by atoms with Gasteiger partial charge in [-0.15, -0.1) is 0 Å². The molecule has 1 heterocycles. The van der Waals surface area contributed by atoms with Gasteiger partial charge in [-0.1, -0.05) is 48.5 Å². The first-order valence-electron chi connectivity index (χ1n) is 11.7. The van der Waals surface area contributed by atoms with Crippen LogP contribution in [-0.4, -0.2) is 35.4 Å². The lowest BCUT2D eigenvalue weighted by Gasteiger charge is -2.35. The number of benzene rings is 2. The van der Waals surface area contributed by atoms with E-state index in [1.165, 1.54) is 11.0 Å². The Morgan fingerprint density at radius 2 is 1.81 bits per heavy atom. The van der Waals surface area contributed by atoms with Crippen LogP contribution in [0.2, 0.25) is 10.0 Å². The molecule has 1 saturated carbocycles. The van der Waals surface area contributed by atoms with Gasteiger partial charge in [-0.05, 0) is 83.8 Å². The summed E-state index contributed by atoms with van der Waals surface area (Å²) >= 11 is 14.2. The van der Waals surface area contributed by atoms with Crippen LogP contribution in [0.4, 0.5) is 4.79 Å². The molecule has 0 spiro atoms. The topological polar surface area (TPSA) is 84.9 Å². The molecule has 0 unspecified atom stereocenters. The van der Waals surface area contributed by atoms with Crippen LogP contribution in [0.5, 0.6) is 11.5 Å². The van der Waals surface area contributed by atoms with Crippen molar-refractivity contribution in [2.24, 2.45) is 0 Å². The number of carbonyl (C=O) groups is 3. The minimum absolute atomic E-state index is 0.0807. The first-order chi connectivity index (χ1) is 17.3. The van der Waals surface area contributed by atoms with Crippen molar-refractivity contribution < 1.29 is 23.9 Å². The highest BCUT2D eigenvalue weighted by Gasteiger charge is 2.40. The van der Waals surface area contributed by atoms with Crippen LogP contribution in [0.1, 0.15) is 50.2 Å². The lowest BCUT2D eigenvalue weighted by molar-refractivity contribution is -0.132. The molecule has 2 aromatic rings. The number of hydrogen-bond donors (Lipinski definition) is 1. The molecule has 0 radical (unpaired) electrons. The van der Waals surface area contributed by atoms with Gasteiger partial charge < -0.3 is 9.47 Å². The van der Waals surface area contributed by atoms with Gasteiger partial charge in [0.1, 0.15) is 12.2 Å². The summed E-state index contributed by atoms with van der Waals surface area (Å²) in [5, 5.41) is 3.23. The van der Waals surface area contributed by atoms with Gasteiger partial charge in [-0.2, -0.15) is 0 Å². The summed E-state index contributed by atoms with van der Waals surface area (Å²) < 4.78 is 12.6. The van der Waals surface area contributed by atoms with Crippen molar-refractivity contribution in [1.82, 2.24) is 10.2 Å². The molecule has 0 bridgehead atoms.